The van der Waals surface area contributed by atoms with Gasteiger partial charge in [-0.2, -0.15) is 0 Å². The predicted octanol–water partition coefficient (Wildman–Crippen LogP) is 2.46. The third kappa shape index (κ3) is 3.00. The third-order valence-corrected chi connectivity index (χ3v) is 5.01. The van der Waals surface area contributed by atoms with Gasteiger partial charge in [-0.25, -0.2) is 4.79 Å². The maximum Gasteiger partial charge on any atom is 0.353 e. The first kappa shape index (κ1) is 16.1. The number of allylic oxidation sites excluding steroid dienone is 1. The maximum atomic E-state index is 12.2. The molecule has 0 radical (unpaired) electrons. The molecular formula is C15H13BrN2O4S. The SMILES string of the molecule is CC(Br)=C(C(=O)O)N1C(=O)C2N=C(COc3ccccc3)SC21. The Hall–Kier alpha value is -1.80. The van der Waals surface area contributed by atoms with E-state index in [1.165, 1.54) is 16.7 Å². The fourth-order valence-corrected chi connectivity index (χ4v) is 3.96. The number of rotatable bonds is 5. The lowest BCUT2D eigenvalue weighted by atomic mass is 10.1. The fraction of sp³-hybridized carbons (Fsp3) is 0.267. The van der Waals surface area contributed by atoms with Crippen LogP contribution in [0.5, 0.6) is 5.75 Å². The fourth-order valence-electron chi connectivity index (χ4n) is 2.40. The summed E-state index contributed by atoms with van der Waals surface area (Å²) in [4.78, 5) is 29.1. The molecule has 6 nitrogen and oxygen atoms in total. The number of hydrogen-bond donors (Lipinski definition) is 1. The highest BCUT2D eigenvalue weighted by atomic mass is 79.9. The second-order valence-electron chi connectivity index (χ2n) is 4.97. The first-order valence-corrected chi connectivity index (χ1v) is 8.50. The minimum atomic E-state index is -1.14. The Kier molecular flexibility index (Phi) is 4.45. The van der Waals surface area contributed by atoms with Crippen LogP contribution in [-0.2, 0) is 9.59 Å². The van der Waals surface area contributed by atoms with Gasteiger partial charge in [-0.05, 0) is 19.1 Å². The molecule has 0 spiro atoms. The van der Waals surface area contributed by atoms with Crippen LogP contribution in [0.25, 0.3) is 0 Å². The summed E-state index contributed by atoms with van der Waals surface area (Å²) in [6.07, 6.45) is 0. The number of amides is 1. The number of carbonyl (C=O) groups excluding carboxylic acids is 1. The summed E-state index contributed by atoms with van der Waals surface area (Å²) in [7, 11) is 0. The number of benzene rings is 1. The van der Waals surface area contributed by atoms with E-state index in [4.69, 9.17) is 4.74 Å². The van der Waals surface area contributed by atoms with Crippen LogP contribution in [0.15, 0.2) is 45.5 Å². The van der Waals surface area contributed by atoms with Crippen LogP contribution >= 0.6 is 27.7 Å². The molecule has 120 valence electrons. The number of fused-ring (bicyclic) bond motifs is 1. The maximum absolute atomic E-state index is 12.2. The average molecular weight is 397 g/mol. The first-order valence-electron chi connectivity index (χ1n) is 6.83. The van der Waals surface area contributed by atoms with Gasteiger partial charge in [0.25, 0.3) is 5.91 Å². The number of para-hydroxylation sites is 1. The molecule has 2 heterocycles. The van der Waals surface area contributed by atoms with Gasteiger partial charge in [0.05, 0.1) is 0 Å². The molecule has 2 aliphatic rings. The first-order chi connectivity index (χ1) is 11.0. The van der Waals surface area contributed by atoms with Gasteiger partial charge in [0.15, 0.2) is 6.04 Å². The highest BCUT2D eigenvalue weighted by Crippen LogP contribution is 2.42. The molecule has 2 atom stereocenters. The lowest BCUT2D eigenvalue weighted by Crippen LogP contribution is -2.61. The van der Waals surface area contributed by atoms with Crippen molar-refractivity contribution >= 4 is 44.6 Å². The number of halogens is 1. The highest BCUT2D eigenvalue weighted by Gasteiger charge is 2.55. The minimum absolute atomic E-state index is 0.0378. The summed E-state index contributed by atoms with van der Waals surface area (Å²) in [6.45, 7) is 1.87. The predicted molar refractivity (Wildman–Crippen MR) is 90.6 cm³/mol. The zero-order valence-corrected chi connectivity index (χ0v) is 14.5. The van der Waals surface area contributed by atoms with Gasteiger partial charge < -0.3 is 9.84 Å². The van der Waals surface area contributed by atoms with Crippen molar-refractivity contribution in [2.75, 3.05) is 6.61 Å². The Labute approximate surface area is 145 Å². The number of likely N-dealkylation sites (tertiary alicyclic amines) is 1. The highest BCUT2D eigenvalue weighted by molar-refractivity contribution is 9.11. The number of hydrogen-bond acceptors (Lipinski definition) is 5. The van der Waals surface area contributed by atoms with Gasteiger partial charge in [0.1, 0.15) is 28.5 Å². The van der Waals surface area contributed by atoms with Crippen molar-refractivity contribution in [3.63, 3.8) is 0 Å². The van der Waals surface area contributed by atoms with E-state index in [0.717, 1.165) is 5.75 Å². The molecular weight excluding hydrogens is 384 g/mol. The zero-order valence-electron chi connectivity index (χ0n) is 12.1. The van der Waals surface area contributed by atoms with E-state index in [1.54, 1.807) is 6.92 Å². The van der Waals surface area contributed by atoms with E-state index in [0.29, 0.717) is 9.53 Å². The standard InChI is InChI=1S/C15H13BrN2O4S/c1-8(16)12(15(20)21)18-13(19)11-14(18)23-10(17-11)7-22-9-5-3-2-4-6-9/h2-6,11,14H,7H2,1H3,(H,20,21). The Morgan fingerprint density at radius 2 is 2.13 bits per heavy atom. The molecule has 1 aromatic rings. The summed E-state index contributed by atoms with van der Waals surface area (Å²) < 4.78 is 6.03. The van der Waals surface area contributed by atoms with Gasteiger partial charge in [0.2, 0.25) is 0 Å². The topological polar surface area (TPSA) is 79.2 Å². The van der Waals surface area contributed by atoms with E-state index < -0.39 is 12.0 Å². The van der Waals surface area contributed by atoms with Crippen LogP contribution in [0.4, 0.5) is 0 Å². The Bertz CT molecular complexity index is 715. The molecule has 1 amide bonds. The van der Waals surface area contributed by atoms with Gasteiger partial charge in [-0.3, -0.25) is 14.7 Å². The van der Waals surface area contributed by atoms with Crippen LogP contribution in [-0.4, -0.2) is 44.9 Å². The number of thioether (sulfide) groups is 1. The third-order valence-electron chi connectivity index (χ3n) is 3.43. The lowest BCUT2D eigenvalue weighted by molar-refractivity contribution is -0.147. The molecule has 2 aliphatic heterocycles. The van der Waals surface area contributed by atoms with Gasteiger partial charge in [-0.1, -0.05) is 45.9 Å². The number of aliphatic carboxylic acids is 1. The smallest absolute Gasteiger partial charge is 0.353 e. The molecule has 0 saturated carbocycles. The van der Waals surface area contributed by atoms with Crippen LogP contribution < -0.4 is 4.74 Å². The Morgan fingerprint density at radius 1 is 1.43 bits per heavy atom. The van der Waals surface area contributed by atoms with Crippen molar-refractivity contribution in [2.45, 2.75) is 18.3 Å². The van der Waals surface area contributed by atoms with Crippen LogP contribution in [0.2, 0.25) is 0 Å². The average Bonchev–Trinajstić information content (AvgIpc) is 2.90. The van der Waals surface area contributed by atoms with Crippen molar-refractivity contribution in [1.29, 1.82) is 0 Å². The number of β-lactam (4-membered cyclic amide) rings is 1. The quantitative estimate of drug-likeness (QED) is 0.610. The monoisotopic (exact) mass is 396 g/mol. The van der Waals surface area contributed by atoms with Crippen molar-refractivity contribution in [2.24, 2.45) is 4.99 Å². The molecule has 8 heteroatoms. The Morgan fingerprint density at radius 3 is 2.74 bits per heavy atom. The number of ether oxygens (including phenoxy) is 1. The molecule has 2 unspecified atom stereocenters. The van der Waals surface area contributed by atoms with E-state index in [9.17, 15) is 14.7 Å². The molecule has 0 bridgehead atoms. The van der Waals surface area contributed by atoms with Gasteiger partial charge >= 0.3 is 5.97 Å². The Balaban J connectivity index is 1.67. The van der Waals surface area contributed by atoms with Crippen molar-refractivity contribution in [3.05, 3.63) is 40.5 Å². The number of carboxylic acid groups (broad SMARTS) is 1. The van der Waals surface area contributed by atoms with Crippen LogP contribution in [0, 0.1) is 0 Å². The van der Waals surface area contributed by atoms with Crippen LogP contribution in [0.3, 0.4) is 0 Å². The zero-order chi connectivity index (χ0) is 16.6. The summed E-state index contributed by atoms with van der Waals surface area (Å²) in [5.41, 5.74) is -0.0378. The summed E-state index contributed by atoms with van der Waals surface area (Å²) in [5, 5.41) is 9.66. The van der Waals surface area contributed by atoms with Crippen molar-refractivity contribution in [3.8, 4) is 5.75 Å². The molecule has 23 heavy (non-hydrogen) atoms. The number of nitrogens with zero attached hydrogens (tertiary/aromatic N) is 2. The van der Waals surface area contributed by atoms with Gasteiger partial charge in [0, 0.05) is 4.48 Å². The van der Waals surface area contributed by atoms with Crippen molar-refractivity contribution in [1.82, 2.24) is 4.90 Å². The molecule has 1 saturated heterocycles. The minimum Gasteiger partial charge on any atom is -0.487 e. The molecule has 1 fully saturated rings. The summed E-state index contributed by atoms with van der Waals surface area (Å²) >= 11 is 4.52. The normalized spacial score (nSPS) is 23.7. The van der Waals surface area contributed by atoms with E-state index in [-0.39, 0.29) is 23.6 Å². The number of aliphatic imine (C=N–C) groups is 1. The molecule has 1 aromatic carbocycles. The van der Waals surface area contributed by atoms with E-state index in [2.05, 4.69) is 20.9 Å². The second kappa shape index (κ2) is 6.37. The van der Waals surface area contributed by atoms with Gasteiger partial charge in [-0.15, -0.1) is 0 Å². The van der Waals surface area contributed by atoms with E-state index in [1.807, 2.05) is 30.3 Å². The molecule has 0 aliphatic carbocycles. The molecule has 0 aromatic heterocycles. The summed E-state index contributed by atoms with van der Waals surface area (Å²) in [5.74, 6) is -0.713. The lowest BCUT2D eigenvalue weighted by Gasteiger charge is -2.41. The van der Waals surface area contributed by atoms with Crippen molar-refractivity contribution < 1.29 is 19.4 Å². The van der Waals surface area contributed by atoms with Crippen LogP contribution in [0.1, 0.15) is 6.92 Å². The second-order valence-corrected chi connectivity index (χ2v) is 7.35. The number of carbonyl (C=O) groups is 2. The summed E-state index contributed by atoms with van der Waals surface area (Å²) in [6, 6.07) is 8.80. The number of carboxylic acids is 1. The molecule has 1 N–H and O–H groups in total. The molecule has 3 rings (SSSR count). The van der Waals surface area contributed by atoms with E-state index >= 15 is 0 Å². The largest absolute Gasteiger partial charge is 0.487 e.